The number of methoxy groups -OCH3 is 4. The summed E-state index contributed by atoms with van der Waals surface area (Å²) in [6, 6.07) is 12.1. The highest BCUT2D eigenvalue weighted by Crippen LogP contribution is 2.52. The topological polar surface area (TPSA) is 98.8 Å². The maximum absolute atomic E-state index is 13.6. The van der Waals surface area contributed by atoms with Crippen LogP contribution in [-0.2, 0) is 4.79 Å². The third kappa shape index (κ3) is 5.06. The molecule has 9 nitrogen and oxygen atoms in total. The number of allylic oxidation sites excluding steroid dienone is 1. The lowest BCUT2D eigenvalue weighted by Gasteiger charge is -2.28. The van der Waals surface area contributed by atoms with Crippen molar-refractivity contribution in [3.63, 3.8) is 0 Å². The minimum Gasteiger partial charge on any atom is -0.496 e. The SMILES string of the molecule is C=C(C)COc1c(OC)cccc1[C@@H]1CC(=O)Oc2ccc3c(c21)O/C(=C\c1cc(OC)c(OC)cc1OC)C3=O. The predicted octanol–water partition coefficient (Wildman–Crippen LogP) is 5.73. The van der Waals surface area contributed by atoms with E-state index in [0.717, 1.165) is 5.57 Å². The minimum atomic E-state index is -0.529. The number of carbonyl (C=O) groups is 2. The van der Waals surface area contributed by atoms with Crippen molar-refractivity contribution < 1.29 is 42.7 Å². The molecule has 3 aromatic carbocycles. The molecule has 0 saturated heterocycles. The zero-order valence-corrected chi connectivity index (χ0v) is 23.5. The third-order valence-electron chi connectivity index (χ3n) is 6.87. The number of esters is 1. The summed E-state index contributed by atoms with van der Waals surface area (Å²) in [6.07, 6.45) is 1.60. The predicted molar refractivity (Wildman–Crippen MR) is 151 cm³/mol. The summed E-state index contributed by atoms with van der Waals surface area (Å²) in [7, 11) is 6.12. The van der Waals surface area contributed by atoms with E-state index in [9.17, 15) is 9.59 Å². The molecule has 0 N–H and O–H groups in total. The molecule has 0 aromatic heterocycles. The molecular weight excluding hydrogens is 528 g/mol. The molecule has 1 atom stereocenters. The average molecular weight is 559 g/mol. The van der Waals surface area contributed by atoms with Crippen molar-refractivity contribution in [2.45, 2.75) is 19.3 Å². The van der Waals surface area contributed by atoms with Gasteiger partial charge in [0.15, 0.2) is 28.8 Å². The Balaban J connectivity index is 1.62. The zero-order chi connectivity index (χ0) is 29.3. The summed E-state index contributed by atoms with van der Waals surface area (Å²) < 4.78 is 39.8. The van der Waals surface area contributed by atoms with Gasteiger partial charge in [0.05, 0.1) is 40.4 Å². The molecule has 9 heteroatoms. The van der Waals surface area contributed by atoms with Crippen LogP contribution in [0.1, 0.15) is 46.3 Å². The Morgan fingerprint density at radius 2 is 1.63 bits per heavy atom. The highest BCUT2D eigenvalue weighted by Gasteiger charge is 2.40. The number of rotatable bonds is 9. The highest BCUT2D eigenvalue weighted by molar-refractivity contribution is 6.15. The number of hydrogen-bond donors (Lipinski definition) is 0. The fourth-order valence-corrected chi connectivity index (χ4v) is 5.00. The van der Waals surface area contributed by atoms with Crippen LogP contribution in [0.5, 0.6) is 40.2 Å². The maximum atomic E-state index is 13.6. The standard InChI is InChI=1S/C32H30O9/c1-17(2)16-39-31-19(8-7-9-23(31)35-3)21-14-28(33)40-22-11-10-20-30(34)27(41-32(20)29(21)22)13-18-12-25(37-5)26(38-6)15-24(18)36-4/h7-13,15,21H,1,14,16H2,2-6H3/b27-13-/t21-/m0/s1. The summed E-state index contributed by atoms with van der Waals surface area (Å²) in [4.78, 5) is 26.3. The van der Waals surface area contributed by atoms with Gasteiger partial charge in [-0.2, -0.15) is 0 Å². The molecule has 2 aliphatic heterocycles. The van der Waals surface area contributed by atoms with E-state index in [1.165, 1.54) is 21.3 Å². The van der Waals surface area contributed by atoms with Crippen molar-refractivity contribution in [1.82, 2.24) is 0 Å². The van der Waals surface area contributed by atoms with Gasteiger partial charge in [-0.25, -0.2) is 0 Å². The van der Waals surface area contributed by atoms with E-state index < -0.39 is 11.9 Å². The van der Waals surface area contributed by atoms with Crippen LogP contribution in [0.15, 0.2) is 60.4 Å². The Labute approximate surface area is 237 Å². The highest BCUT2D eigenvalue weighted by atomic mass is 16.5. The fraction of sp³-hybridized carbons (Fsp3) is 0.250. The molecule has 0 unspecified atom stereocenters. The van der Waals surface area contributed by atoms with Gasteiger partial charge in [-0.3, -0.25) is 9.59 Å². The fourth-order valence-electron chi connectivity index (χ4n) is 5.00. The maximum Gasteiger partial charge on any atom is 0.312 e. The van der Waals surface area contributed by atoms with E-state index in [1.807, 2.05) is 19.1 Å². The van der Waals surface area contributed by atoms with Crippen molar-refractivity contribution in [2.24, 2.45) is 0 Å². The molecule has 0 bridgehead atoms. The molecule has 3 aromatic rings. The van der Waals surface area contributed by atoms with Crippen LogP contribution in [0.3, 0.4) is 0 Å². The first-order valence-electron chi connectivity index (χ1n) is 12.9. The number of para-hydroxylation sites is 1. The normalized spacial score (nSPS) is 16.3. The van der Waals surface area contributed by atoms with Gasteiger partial charge in [-0.15, -0.1) is 0 Å². The van der Waals surface area contributed by atoms with Crippen LogP contribution >= 0.6 is 0 Å². The lowest BCUT2D eigenvalue weighted by molar-refractivity contribution is -0.135. The average Bonchev–Trinajstić information content (AvgIpc) is 3.29. The van der Waals surface area contributed by atoms with Gasteiger partial charge < -0.3 is 33.2 Å². The first kappa shape index (κ1) is 27.6. The molecule has 5 rings (SSSR count). The van der Waals surface area contributed by atoms with Crippen molar-refractivity contribution in [1.29, 1.82) is 0 Å². The van der Waals surface area contributed by atoms with Crippen molar-refractivity contribution in [3.05, 3.63) is 82.6 Å². The smallest absolute Gasteiger partial charge is 0.312 e. The van der Waals surface area contributed by atoms with Gasteiger partial charge in [0.25, 0.3) is 0 Å². The Bertz CT molecular complexity index is 1580. The second-order valence-corrected chi connectivity index (χ2v) is 9.60. The Kier molecular flexibility index (Phi) is 7.61. The molecule has 2 aliphatic rings. The lowest BCUT2D eigenvalue weighted by Crippen LogP contribution is -2.22. The molecule has 0 aliphatic carbocycles. The molecular formula is C32H30O9. The first-order chi connectivity index (χ1) is 19.8. The van der Waals surface area contributed by atoms with E-state index in [-0.39, 0.29) is 24.6 Å². The number of carbonyl (C=O) groups excluding carboxylic acids is 2. The van der Waals surface area contributed by atoms with Crippen molar-refractivity contribution in [3.8, 4) is 40.2 Å². The lowest BCUT2D eigenvalue weighted by atomic mass is 9.84. The number of benzene rings is 3. The zero-order valence-electron chi connectivity index (χ0n) is 23.5. The van der Waals surface area contributed by atoms with Gasteiger partial charge in [-0.1, -0.05) is 18.7 Å². The van der Waals surface area contributed by atoms with E-state index in [1.54, 1.807) is 43.5 Å². The number of ether oxygens (including phenoxy) is 7. The molecule has 0 spiro atoms. The summed E-state index contributed by atoms with van der Waals surface area (Å²) in [5.74, 6) is 1.87. The second kappa shape index (κ2) is 11.3. The monoisotopic (exact) mass is 558 g/mol. The van der Waals surface area contributed by atoms with Crippen LogP contribution < -0.4 is 33.2 Å². The van der Waals surface area contributed by atoms with Gasteiger partial charge >= 0.3 is 5.97 Å². The Hall–Kier alpha value is -4.92. The van der Waals surface area contributed by atoms with Crippen molar-refractivity contribution in [2.75, 3.05) is 35.0 Å². The van der Waals surface area contributed by atoms with Gasteiger partial charge in [0, 0.05) is 28.7 Å². The van der Waals surface area contributed by atoms with Gasteiger partial charge in [-0.05, 0) is 42.8 Å². The molecule has 2 heterocycles. The van der Waals surface area contributed by atoms with E-state index in [2.05, 4.69) is 6.58 Å². The first-order valence-corrected chi connectivity index (χ1v) is 12.9. The Morgan fingerprint density at radius 1 is 0.927 bits per heavy atom. The van der Waals surface area contributed by atoms with E-state index in [0.29, 0.717) is 62.5 Å². The summed E-state index contributed by atoms with van der Waals surface area (Å²) in [6.45, 7) is 6.04. The molecule has 0 amide bonds. The second-order valence-electron chi connectivity index (χ2n) is 9.60. The minimum absolute atomic E-state index is 0.0140. The Morgan fingerprint density at radius 3 is 2.32 bits per heavy atom. The van der Waals surface area contributed by atoms with Crippen LogP contribution in [0.25, 0.3) is 6.08 Å². The van der Waals surface area contributed by atoms with E-state index in [4.69, 9.17) is 33.2 Å². The van der Waals surface area contributed by atoms with Crippen LogP contribution in [-0.4, -0.2) is 46.8 Å². The molecule has 41 heavy (non-hydrogen) atoms. The van der Waals surface area contributed by atoms with Crippen LogP contribution in [0.2, 0.25) is 0 Å². The van der Waals surface area contributed by atoms with Crippen LogP contribution in [0.4, 0.5) is 0 Å². The molecule has 212 valence electrons. The molecule has 0 fully saturated rings. The molecule has 0 saturated carbocycles. The van der Waals surface area contributed by atoms with Gasteiger partial charge in [0.1, 0.15) is 23.9 Å². The summed E-state index contributed by atoms with van der Waals surface area (Å²) >= 11 is 0. The summed E-state index contributed by atoms with van der Waals surface area (Å²) in [5, 5.41) is 0. The number of fused-ring (bicyclic) bond motifs is 3. The van der Waals surface area contributed by atoms with Gasteiger partial charge in [0.2, 0.25) is 5.78 Å². The number of hydrogen-bond acceptors (Lipinski definition) is 9. The van der Waals surface area contributed by atoms with E-state index >= 15 is 0 Å². The number of ketones is 1. The largest absolute Gasteiger partial charge is 0.496 e. The van der Waals surface area contributed by atoms with Crippen LogP contribution in [0, 0.1) is 0 Å². The quantitative estimate of drug-likeness (QED) is 0.141. The number of Topliss-reactive ketones (excluding diaryl/α,β-unsaturated/α-hetero) is 1. The third-order valence-corrected chi connectivity index (χ3v) is 6.87. The summed E-state index contributed by atoms with van der Waals surface area (Å²) in [5.41, 5.74) is 3.00. The molecule has 0 radical (unpaired) electrons. The van der Waals surface area contributed by atoms with Crippen molar-refractivity contribution >= 4 is 17.8 Å².